The fourth-order valence-corrected chi connectivity index (χ4v) is 1.47. The van der Waals surface area contributed by atoms with Crippen molar-refractivity contribution in [3.63, 3.8) is 0 Å². The highest BCUT2D eigenvalue weighted by molar-refractivity contribution is 5.51. The van der Waals surface area contributed by atoms with Crippen LogP contribution in [-0.4, -0.2) is 45.0 Å². The second kappa shape index (κ2) is 9.67. The number of hydrogen-bond donors (Lipinski definition) is 2. The van der Waals surface area contributed by atoms with Crippen LogP contribution in [0.3, 0.4) is 0 Å². The maximum Gasteiger partial charge on any atom is 0.127 e. The third-order valence-electron chi connectivity index (χ3n) is 2.34. The van der Waals surface area contributed by atoms with Gasteiger partial charge in [-0.2, -0.15) is 0 Å². The summed E-state index contributed by atoms with van der Waals surface area (Å²) in [5.41, 5.74) is 1.08. The van der Waals surface area contributed by atoms with Crippen LogP contribution in [0.5, 0.6) is 0 Å². The smallest absolute Gasteiger partial charge is 0.127 e. The van der Waals surface area contributed by atoms with Crippen molar-refractivity contribution >= 4 is 11.5 Å². The van der Waals surface area contributed by atoms with E-state index in [1.165, 1.54) is 0 Å². The Morgan fingerprint density at radius 2 is 2.11 bits per heavy atom. The molecule has 102 valence electrons. The molecule has 1 aromatic heterocycles. The summed E-state index contributed by atoms with van der Waals surface area (Å²) < 4.78 is 10.3. The average Bonchev–Trinajstić information content (AvgIpc) is 2.39. The Morgan fingerprint density at radius 1 is 1.22 bits per heavy atom. The topological polar surface area (TPSA) is 55.4 Å². The number of pyridine rings is 1. The molecule has 0 aromatic carbocycles. The second-order valence-corrected chi connectivity index (χ2v) is 3.85. The molecule has 0 aliphatic carbocycles. The van der Waals surface area contributed by atoms with E-state index in [0.29, 0.717) is 13.2 Å². The van der Waals surface area contributed by atoms with E-state index in [2.05, 4.69) is 22.5 Å². The van der Waals surface area contributed by atoms with Gasteiger partial charge in [0.15, 0.2) is 0 Å². The predicted molar refractivity (Wildman–Crippen MR) is 74.2 cm³/mol. The number of nitrogens with zero attached hydrogens (tertiary/aromatic N) is 1. The van der Waals surface area contributed by atoms with E-state index in [4.69, 9.17) is 9.47 Å². The van der Waals surface area contributed by atoms with Crippen molar-refractivity contribution in [2.45, 2.75) is 13.3 Å². The van der Waals surface area contributed by atoms with Crippen molar-refractivity contribution in [3.05, 3.63) is 18.3 Å². The summed E-state index contributed by atoms with van der Waals surface area (Å²) in [5.74, 6) is 0.902. The molecule has 1 rings (SSSR count). The molecule has 0 aliphatic heterocycles. The Hall–Kier alpha value is -1.33. The Balaban J connectivity index is 2.13. The van der Waals surface area contributed by atoms with Gasteiger partial charge in [0.2, 0.25) is 0 Å². The number of ether oxygens (including phenoxy) is 2. The van der Waals surface area contributed by atoms with Crippen LogP contribution in [0.1, 0.15) is 13.3 Å². The molecule has 1 aromatic rings. The lowest BCUT2D eigenvalue weighted by Crippen LogP contribution is -2.08. The van der Waals surface area contributed by atoms with Gasteiger partial charge in [-0.1, -0.05) is 0 Å². The molecule has 0 saturated heterocycles. The number of aromatic nitrogens is 1. The quantitative estimate of drug-likeness (QED) is 0.624. The summed E-state index contributed by atoms with van der Waals surface area (Å²) in [4.78, 5) is 4.22. The molecular weight excluding hydrogens is 230 g/mol. The maximum absolute atomic E-state index is 5.38. The first-order valence-corrected chi connectivity index (χ1v) is 6.37. The SMILES string of the molecule is CCNc1cc(NCCCOCCOC)ccn1. The lowest BCUT2D eigenvalue weighted by Gasteiger charge is -2.08. The molecular formula is C13H23N3O2. The predicted octanol–water partition coefficient (Wildman–Crippen LogP) is 1.98. The number of hydrogen-bond acceptors (Lipinski definition) is 5. The van der Waals surface area contributed by atoms with Gasteiger partial charge in [0.1, 0.15) is 5.82 Å². The minimum atomic E-state index is 0.657. The molecule has 1 heterocycles. The van der Waals surface area contributed by atoms with Gasteiger partial charge in [0.25, 0.3) is 0 Å². The zero-order chi connectivity index (χ0) is 13.1. The van der Waals surface area contributed by atoms with E-state index < -0.39 is 0 Å². The van der Waals surface area contributed by atoms with E-state index in [1.54, 1.807) is 13.3 Å². The third kappa shape index (κ3) is 6.42. The molecule has 0 bridgehead atoms. The maximum atomic E-state index is 5.38. The molecule has 2 N–H and O–H groups in total. The van der Waals surface area contributed by atoms with Crippen molar-refractivity contribution in [2.75, 3.05) is 50.7 Å². The van der Waals surface area contributed by atoms with Crippen LogP contribution in [0.15, 0.2) is 18.3 Å². The Morgan fingerprint density at radius 3 is 2.89 bits per heavy atom. The largest absolute Gasteiger partial charge is 0.385 e. The summed E-state index contributed by atoms with van der Waals surface area (Å²) in [5, 5.41) is 6.53. The molecule has 0 fully saturated rings. The standard InChI is InChI=1S/C13H23N3O2/c1-3-14-13-11-12(5-7-16-13)15-6-4-8-18-10-9-17-2/h5,7,11H,3-4,6,8-10H2,1-2H3,(H2,14,15,16). The summed E-state index contributed by atoms with van der Waals surface area (Å²) in [6, 6.07) is 3.97. The van der Waals surface area contributed by atoms with Gasteiger partial charge in [0, 0.05) is 44.8 Å². The number of anilines is 2. The molecule has 0 radical (unpaired) electrons. The summed E-state index contributed by atoms with van der Waals surface area (Å²) >= 11 is 0. The highest BCUT2D eigenvalue weighted by Gasteiger charge is 1.95. The monoisotopic (exact) mass is 253 g/mol. The van der Waals surface area contributed by atoms with Crippen LogP contribution in [-0.2, 0) is 9.47 Å². The summed E-state index contributed by atoms with van der Waals surface area (Å²) in [7, 11) is 1.68. The van der Waals surface area contributed by atoms with Crippen LogP contribution in [0.2, 0.25) is 0 Å². The molecule has 5 heteroatoms. The minimum Gasteiger partial charge on any atom is -0.385 e. The van der Waals surface area contributed by atoms with Gasteiger partial charge in [0.05, 0.1) is 13.2 Å². The second-order valence-electron chi connectivity index (χ2n) is 3.85. The normalized spacial score (nSPS) is 10.3. The first-order chi connectivity index (χ1) is 8.86. The summed E-state index contributed by atoms with van der Waals surface area (Å²) in [6.45, 7) is 5.90. The van der Waals surface area contributed by atoms with E-state index in [0.717, 1.165) is 37.6 Å². The molecule has 0 atom stereocenters. The Kier molecular flexibility index (Phi) is 7.92. The molecule has 0 spiro atoms. The zero-order valence-corrected chi connectivity index (χ0v) is 11.2. The molecule has 0 saturated carbocycles. The summed E-state index contributed by atoms with van der Waals surface area (Å²) in [6.07, 6.45) is 2.78. The van der Waals surface area contributed by atoms with Crippen molar-refractivity contribution in [2.24, 2.45) is 0 Å². The average molecular weight is 253 g/mol. The lowest BCUT2D eigenvalue weighted by atomic mass is 10.3. The third-order valence-corrected chi connectivity index (χ3v) is 2.34. The van der Waals surface area contributed by atoms with E-state index in [-0.39, 0.29) is 0 Å². The van der Waals surface area contributed by atoms with Crippen molar-refractivity contribution < 1.29 is 9.47 Å². The van der Waals surface area contributed by atoms with Gasteiger partial charge in [-0.05, 0) is 19.4 Å². The van der Waals surface area contributed by atoms with E-state index in [1.807, 2.05) is 12.1 Å². The first-order valence-electron chi connectivity index (χ1n) is 6.37. The van der Waals surface area contributed by atoms with Crippen molar-refractivity contribution in [1.82, 2.24) is 4.98 Å². The van der Waals surface area contributed by atoms with E-state index >= 15 is 0 Å². The molecule has 0 unspecified atom stereocenters. The Bertz CT molecular complexity index is 321. The fraction of sp³-hybridized carbons (Fsp3) is 0.615. The van der Waals surface area contributed by atoms with Crippen molar-refractivity contribution in [1.29, 1.82) is 0 Å². The number of rotatable bonds is 10. The van der Waals surface area contributed by atoms with Crippen LogP contribution in [0.4, 0.5) is 11.5 Å². The van der Waals surface area contributed by atoms with Gasteiger partial charge < -0.3 is 20.1 Å². The van der Waals surface area contributed by atoms with Crippen LogP contribution in [0.25, 0.3) is 0 Å². The number of nitrogens with one attached hydrogen (secondary N) is 2. The van der Waals surface area contributed by atoms with Gasteiger partial charge in [-0.25, -0.2) is 4.98 Å². The minimum absolute atomic E-state index is 0.657. The highest BCUT2D eigenvalue weighted by Crippen LogP contribution is 2.11. The van der Waals surface area contributed by atoms with Gasteiger partial charge in [-0.15, -0.1) is 0 Å². The fourth-order valence-electron chi connectivity index (χ4n) is 1.47. The van der Waals surface area contributed by atoms with Crippen LogP contribution < -0.4 is 10.6 Å². The molecule has 0 amide bonds. The molecule has 18 heavy (non-hydrogen) atoms. The van der Waals surface area contributed by atoms with Crippen molar-refractivity contribution in [3.8, 4) is 0 Å². The molecule has 5 nitrogen and oxygen atoms in total. The Labute approximate surface area is 109 Å². The van der Waals surface area contributed by atoms with E-state index in [9.17, 15) is 0 Å². The number of methoxy groups -OCH3 is 1. The van der Waals surface area contributed by atoms with Crippen LogP contribution >= 0.6 is 0 Å². The molecule has 0 aliphatic rings. The highest BCUT2D eigenvalue weighted by atomic mass is 16.5. The van der Waals surface area contributed by atoms with Crippen LogP contribution in [0, 0.1) is 0 Å². The van der Waals surface area contributed by atoms with Gasteiger partial charge >= 0.3 is 0 Å². The lowest BCUT2D eigenvalue weighted by molar-refractivity contribution is 0.0705. The zero-order valence-electron chi connectivity index (χ0n) is 11.2. The first kappa shape index (κ1) is 14.7. The van der Waals surface area contributed by atoms with Gasteiger partial charge in [-0.3, -0.25) is 0 Å².